The van der Waals surface area contributed by atoms with Crippen molar-refractivity contribution >= 4 is 23.5 Å². The summed E-state index contributed by atoms with van der Waals surface area (Å²) < 4.78 is 4.85. The van der Waals surface area contributed by atoms with E-state index < -0.39 is 12.0 Å². The molecular weight excluding hydrogens is 320 g/mol. The van der Waals surface area contributed by atoms with E-state index in [2.05, 4.69) is 0 Å². The van der Waals surface area contributed by atoms with E-state index in [1.54, 1.807) is 9.80 Å². The molecule has 0 spiro atoms. The molecule has 6 nitrogen and oxygen atoms in total. The van der Waals surface area contributed by atoms with E-state index in [0.29, 0.717) is 19.5 Å². The summed E-state index contributed by atoms with van der Waals surface area (Å²) in [4.78, 5) is 40.6. The smallest absolute Gasteiger partial charge is 0.328 e. The molecule has 134 valence electrons. The maximum atomic E-state index is 12.9. The molecule has 0 aliphatic carbocycles. The summed E-state index contributed by atoms with van der Waals surface area (Å²) in [5.74, 6) is -0.932. The Morgan fingerprint density at radius 1 is 1.16 bits per heavy atom. The Labute approximate surface area is 147 Å². The summed E-state index contributed by atoms with van der Waals surface area (Å²) in [5, 5.41) is 0. The minimum atomic E-state index is -0.519. The van der Waals surface area contributed by atoms with Crippen LogP contribution in [0, 0.1) is 12.8 Å². The first-order chi connectivity index (χ1) is 12.0. The number of piperidine rings is 1. The van der Waals surface area contributed by atoms with E-state index in [0.717, 1.165) is 24.1 Å². The van der Waals surface area contributed by atoms with Crippen LogP contribution in [0.3, 0.4) is 0 Å². The molecule has 0 saturated carbocycles. The molecule has 2 amide bonds. The number of rotatable bonds is 3. The van der Waals surface area contributed by atoms with Crippen LogP contribution in [0.4, 0.5) is 5.69 Å². The minimum Gasteiger partial charge on any atom is -0.467 e. The van der Waals surface area contributed by atoms with Crippen LogP contribution in [0.25, 0.3) is 0 Å². The molecular formula is C19H24N2O4. The number of anilines is 1. The first-order valence-electron chi connectivity index (χ1n) is 8.76. The van der Waals surface area contributed by atoms with E-state index in [-0.39, 0.29) is 24.2 Å². The van der Waals surface area contributed by atoms with Gasteiger partial charge in [-0.3, -0.25) is 9.59 Å². The van der Waals surface area contributed by atoms with Crippen LogP contribution in [-0.4, -0.2) is 48.9 Å². The SMILES string of the molecule is COC(=O)[C@H]1CCCCN1C(=O)C1CC(=O)N(c2ccc(C)cc2)C1. The largest absolute Gasteiger partial charge is 0.467 e. The Morgan fingerprint density at radius 3 is 2.56 bits per heavy atom. The van der Waals surface area contributed by atoms with Crippen molar-refractivity contribution in [2.45, 2.75) is 38.6 Å². The maximum Gasteiger partial charge on any atom is 0.328 e. The number of likely N-dealkylation sites (tertiary alicyclic amines) is 1. The van der Waals surface area contributed by atoms with E-state index >= 15 is 0 Å². The molecule has 0 bridgehead atoms. The molecule has 0 N–H and O–H groups in total. The van der Waals surface area contributed by atoms with E-state index in [1.807, 2.05) is 31.2 Å². The van der Waals surface area contributed by atoms with Crippen LogP contribution >= 0.6 is 0 Å². The van der Waals surface area contributed by atoms with Crippen molar-refractivity contribution in [3.05, 3.63) is 29.8 Å². The van der Waals surface area contributed by atoms with Crippen molar-refractivity contribution in [3.8, 4) is 0 Å². The van der Waals surface area contributed by atoms with Gasteiger partial charge in [-0.05, 0) is 38.3 Å². The van der Waals surface area contributed by atoms with Gasteiger partial charge in [-0.2, -0.15) is 0 Å². The average Bonchev–Trinajstić information content (AvgIpc) is 3.03. The van der Waals surface area contributed by atoms with Gasteiger partial charge < -0.3 is 14.5 Å². The van der Waals surface area contributed by atoms with Gasteiger partial charge >= 0.3 is 5.97 Å². The number of methoxy groups -OCH3 is 1. The molecule has 2 aliphatic rings. The number of nitrogens with zero attached hydrogens (tertiary/aromatic N) is 2. The zero-order valence-corrected chi connectivity index (χ0v) is 14.7. The quantitative estimate of drug-likeness (QED) is 0.786. The third-order valence-electron chi connectivity index (χ3n) is 5.08. The normalized spacial score (nSPS) is 23.7. The van der Waals surface area contributed by atoms with Crippen molar-refractivity contribution in [1.82, 2.24) is 4.90 Å². The van der Waals surface area contributed by atoms with Crippen LogP contribution in [0.1, 0.15) is 31.2 Å². The number of esters is 1. The number of amides is 2. The molecule has 0 radical (unpaired) electrons. The second-order valence-corrected chi connectivity index (χ2v) is 6.81. The highest BCUT2D eigenvalue weighted by molar-refractivity contribution is 6.00. The summed E-state index contributed by atoms with van der Waals surface area (Å²) in [7, 11) is 1.35. The molecule has 2 aliphatic heterocycles. The topological polar surface area (TPSA) is 66.9 Å². The average molecular weight is 344 g/mol. The molecule has 2 atom stereocenters. The molecule has 1 aromatic rings. The Balaban J connectivity index is 1.73. The highest BCUT2D eigenvalue weighted by Crippen LogP contribution is 2.29. The first kappa shape index (κ1) is 17.5. The van der Waals surface area contributed by atoms with Crippen molar-refractivity contribution in [1.29, 1.82) is 0 Å². The van der Waals surface area contributed by atoms with Gasteiger partial charge in [0.1, 0.15) is 6.04 Å². The molecule has 1 aromatic carbocycles. The van der Waals surface area contributed by atoms with Crippen LogP contribution in [-0.2, 0) is 19.1 Å². The fourth-order valence-electron chi connectivity index (χ4n) is 3.66. The Morgan fingerprint density at radius 2 is 1.88 bits per heavy atom. The monoisotopic (exact) mass is 344 g/mol. The zero-order valence-electron chi connectivity index (χ0n) is 14.7. The molecule has 0 aromatic heterocycles. The number of ether oxygens (including phenoxy) is 1. The third-order valence-corrected chi connectivity index (χ3v) is 5.08. The molecule has 3 rings (SSSR count). The number of hydrogen-bond acceptors (Lipinski definition) is 4. The van der Waals surface area contributed by atoms with Crippen molar-refractivity contribution < 1.29 is 19.1 Å². The predicted octanol–water partition coefficient (Wildman–Crippen LogP) is 1.90. The maximum absolute atomic E-state index is 12.9. The van der Waals surface area contributed by atoms with Gasteiger partial charge in [0, 0.05) is 25.2 Å². The molecule has 2 heterocycles. The molecule has 2 fully saturated rings. The first-order valence-corrected chi connectivity index (χ1v) is 8.76. The fourth-order valence-corrected chi connectivity index (χ4v) is 3.66. The number of carbonyl (C=O) groups is 3. The highest BCUT2D eigenvalue weighted by atomic mass is 16.5. The van der Waals surface area contributed by atoms with Crippen LogP contribution in [0.5, 0.6) is 0 Å². The van der Waals surface area contributed by atoms with E-state index in [9.17, 15) is 14.4 Å². The second kappa shape index (κ2) is 7.25. The van der Waals surface area contributed by atoms with Gasteiger partial charge in [0.25, 0.3) is 0 Å². The second-order valence-electron chi connectivity index (χ2n) is 6.81. The molecule has 1 unspecified atom stereocenters. The van der Waals surface area contributed by atoms with Crippen molar-refractivity contribution in [2.75, 3.05) is 25.1 Å². The predicted molar refractivity (Wildman–Crippen MR) is 93.0 cm³/mol. The lowest BCUT2D eigenvalue weighted by Gasteiger charge is -2.35. The number of benzene rings is 1. The van der Waals surface area contributed by atoms with Crippen molar-refractivity contribution in [3.63, 3.8) is 0 Å². The van der Waals surface area contributed by atoms with Crippen LogP contribution < -0.4 is 4.90 Å². The van der Waals surface area contributed by atoms with Gasteiger partial charge in [-0.25, -0.2) is 4.79 Å². The molecule has 2 saturated heterocycles. The van der Waals surface area contributed by atoms with E-state index in [4.69, 9.17) is 4.74 Å². The van der Waals surface area contributed by atoms with Gasteiger partial charge in [0.15, 0.2) is 0 Å². The standard InChI is InChI=1S/C19H24N2O4/c1-13-6-8-15(9-7-13)21-12-14(11-17(21)22)18(23)20-10-4-3-5-16(20)19(24)25-2/h6-9,14,16H,3-5,10-12H2,1-2H3/t14?,16-/m1/s1. The lowest BCUT2D eigenvalue weighted by Crippen LogP contribution is -2.50. The Hall–Kier alpha value is -2.37. The summed E-state index contributed by atoms with van der Waals surface area (Å²) in [6.45, 7) is 2.91. The van der Waals surface area contributed by atoms with Gasteiger partial charge in [0.2, 0.25) is 11.8 Å². The van der Waals surface area contributed by atoms with Gasteiger partial charge in [-0.15, -0.1) is 0 Å². The fraction of sp³-hybridized carbons (Fsp3) is 0.526. The lowest BCUT2D eigenvalue weighted by molar-refractivity contribution is -0.156. The molecule has 25 heavy (non-hydrogen) atoms. The number of aryl methyl sites for hydroxylation is 1. The summed E-state index contributed by atoms with van der Waals surface area (Å²) in [6.07, 6.45) is 2.60. The summed E-state index contributed by atoms with van der Waals surface area (Å²) >= 11 is 0. The van der Waals surface area contributed by atoms with Gasteiger partial charge in [-0.1, -0.05) is 17.7 Å². The summed E-state index contributed by atoms with van der Waals surface area (Å²) in [5.41, 5.74) is 1.94. The zero-order chi connectivity index (χ0) is 18.0. The van der Waals surface area contributed by atoms with Crippen LogP contribution in [0.15, 0.2) is 24.3 Å². The third kappa shape index (κ3) is 3.52. The van der Waals surface area contributed by atoms with Crippen molar-refractivity contribution in [2.24, 2.45) is 5.92 Å². The summed E-state index contributed by atoms with van der Waals surface area (Å²) in [6, 6.07) is 7.19. The number of hydrogen-bond donors (Lipinski definition) is 0. The lowest BCUT2D eigenvalue weighted by atomic mass is 9.98. The Kier molecular flexibility index (Phi) is 5.06. The minimum absolute atomic E-state index is 0.0474. The highest BCUT2D eigenvalue weighted by Gasteiger charge is 2.41. The number of carbonyl (C=O) groups excluding carboxylic acids is 3. The Bertz CT molecular complexity index is 671. The van der Waals surface area contributed by atoms with E-state index in [1.165, 1.54) is 7.11 Å². The van der Waals surface area contributed by atoms with Crippen LogP contribution in [0.2, 0.25) is 0 Å². The van der Waals surface area contributed by atoms with Gasteiger partial charge in [0.05, 0.1) is 13.0 Å². The molecule has 6 heteroatoms.